The molecule has 0 saturated heterocycles. The van der Waals surface area contributed by atoms with E-state index in [1.165, 1.54) is 18.9 Å². The molecule has 6 nitrogen and oxygen atoms in total. The molecule has 0 heterocycles. The third-order valence-corrected chi connectivity index (χ3v) is 2.99. The number of carbonyl (C=O) groups excluding carboxylic acids is 3. The van der Waals surface area contributed by atoms with Crippen LogP contribution in [-0.4, -0.2) is 37.5 Å². The van der Waals surface area contributed by atoms with Crippen LogP contribution >= 0.6 is 0 Å². The van der Waals surface area contributed by atoms with Gasteiger partial charge < -0.3 is 15.0 Å². The number of benzene rings is 1. The van der Waals surface area contributed by atoms with Gasteiger partial charge in [0.25, 0.3) is 0 Å². The van der Waals surface area contributed by atoms with E-state index in [0.717, 1.165) is 0 Å². The van der Waals surface area contributed by atoms with Gasteiger partial charge in [0.15, 0.2) is 0 Å². The lowest BCUT2D eigenvalue weighted by Gasteiger charge is -2.21. The highest BCUT2D eigenvalue weighted by Crippen LogP contribution is 2.16. The van der Waals surface area contributed by atoms with Crippen LogP contribution in [-0.2, 0) is 14.3 Å². The maximum Gasteiger partial charge on any atom is 0.337 e. The summed E-state index contributed by atoms with van der Waals surface area (Å²) in [5.41, 5.74) is 1.05. The summed E-state index contributed by atoms with van der Waals surface area (Å²) in [6, 6.07) is 6.57. The van der Waals surface area contributed by atoms with Gasteiger partial charge in [-0.25, -0.2) is 4.79 Å². The highest BCUT2D eigenvalue weighted by atomic mass is 16.5. The number of nitrogens with one attached hydrogen (secondary N) is 1. The van der Waals surface area contributed by atoms with Crippen LogP contribution in [0.25, 0.3) is 0 Å². The average molecular weight is 306 g/mol. The second kappa shape index (κ2) is 8.17. The van der Waals surface area contributed by atoms with Crippen molar-refractivity contribution in [3.63, 3.8) is 0 Å². The second-order valence-electron chi connectivity index (χ2n) is 5.18. The Bertz CT molecular complexity index is 538. The predicted molar refractivity (Wildman–Crippen MR) is 83.7 cm³/mol. The molecule has 0 unspecified atom stereocenters. The molecule has 0 aliphatic rings. The molecule has 0 aliphatic carbocycles. The molecule has 0 aromatic heterocycles. The number of methoxy groups -OCH3 is 1. The van der Waals surface area contributed by atoms with Crippen molar-refractivity contribution in [1.82, 2.24) is 5.32 Å². The maximum atomic E-state index is 11.8. The zero-order chi connectivity index (χ0) is 16.7. The zero-order valence-electron chi connectivity index (χ0n) is 13.4. The predicted octanol–water partition coefficient (Wildman–Crippen LogP) is 1.74. The number of hydrogen-bond acceptors (Lipinski definition) is 4. The molecule has 0 aliphatic heterocycles. The molecule has 0 spiro atoms. The van der Waals surface area contributed by atoms with Gasteiger partial charge in [-0.3, -0.25) is 9.59 Å². The van der Waals surface area contributed by atoms with Crippen LogP contribution in [0.15, 0.2) is 24.3 Å². The number of amides is 2. The number of anilines is 1. The maximum absolute atomic E-state index is 11.8. The van der Waals surface area contributed by atoms with Gasteiger partial charge in [-0.2, -0.15) is 0 Å². The first-order valence-electron chi connectivity index (χ1n) is 7.11. The van der Waals surface area contributed by atoms with Crippen molar-refractivity contribution in [2.75, 3.05) is 18.6 Å². The van der Waals surface area contributed by atoms with Gasteiger partial charge in [-0.05, 0) is 38.1 Å². The van der Waals surface area contributed by atoms with Crippen LogP contribution in [0.4, 0.5) is 5.69 Å². The molecule has 1 N–H and O–H groups in total. The molecule has 22 heavy (non-hydrogen) atoms. The monoisotopic (exact) mass is 306 g/mol. The summed E-state index contributed by atoms with van der Waals surface area (Å²) >= 11 is 0. The molecule has 0 atom stereocenters. The molecule has 0 radical (unpaired) electrons. The first kappa shape index (κ1) is 17.7. The fourth-order valence-electron chi connectivity index (χ4n) is 1.97. The summed E-state index contributed by atoms with van der Waals surface area (Å²) < 4.78 is 4.63. The first-order valence-corrected chi connectivity index (χ1v) is 7.11. The molecule has 2 amide bonds. The SMILES string of the molecule is COC(=O)c1ccc(N(CCC(=O)NC(C)C)C(C)=O)cc1. The van der Waals surface area contributed by atoms with Gasteiger partial charge in [0.1, 0.15) is 0 Å². The minimum absolute atomic E-state index is 0.0672. The fraction of sp³-hybridized carbons (Fsp3) is 0.438. The van der Waals surface area contributed by atoms with Crippen LogP contribution in [0.5, 0.6) is 0 Å². The summed E-state index contributed by atoms with van der Waals surface area (Å²) in [5.74, 6) is -0.701. The Morgan fingerprint density at radius 3 is 2.23 bits per heavy atom. The van der Waals surface area contributed by atoms with Crippen LogP contribution in [0.3, 0.4) is 0 Å². The molecule has 6 heteroatoms. The number of esters is 1. The van der Waals surface area contributed by atoms with Gasteiger partial charge in [-0.1, -0.05) is 0 Å². The van der Waals surface area contributed by atoms with Gasteiger partial charge in [0, 0.05) is 31.6 Å². The number of carbonyl (C=O) groups is 3. The van der Waals surface area contributed by atoms with E-state index in [2.05, 4.69) is 10.1 Å². The van der Waals surface area contributed by atoms with Crippen LogP contribution in [0, 0.1) is 0 Å². The lowest BCUT2D eigenvalue weighted by atomic mass is 10.2. The fourth-order valence-corrected chi connectivity index (χ4v) is 1.97. The molecule has 1 rings (SSSR count). The smallest absolute Gasteiger partial charge is 0.337 e. The van der Waals surface area contributed by atoms with Crippen molar-refractivity contribution in [2.24, 2.45) is 0 Å². The average Bonchev–Trinajstić information content (AvgIpc) is 2.46. The summed E-state index contributed by atoms with van der Waals surface area (Å²) in [7, 11) is 1.31. The molecule has 0 fully saturated rings. The van der Waals surface area contributed by atoms with Crippen molar-refractivity contribution in [3.05, 3.63) is 29.8 Å². The molecule has 1 aromatic rings. The summed E-state index contributed by atoms with van der Waals surface area (Å²) in [4.78, 5) is 36.3. The Hall–Kier alpha value is -2.37. The molecule has 1 aromatic carbocycles. The van der Waals surface area contributed by atoms with Gasteiger partial charge in [0.2, 0.25) is 11.8 Å². The highest BCUT2D eigenvalue weighted by molar-refractivity contribution is 5.94. The Kier molecular flexibility index (Phi) is 6.56. The molecular weight excluding hydrogens is 284 g/mol. The number of nitrogens with zero attached hydrogens (tertiary/aromatic N) is 1. The summed E-state index contributed by atoms with van der Waals surface area (Å²) in [6.07, 6.45) is 0.219. The van der Waals surface area contributed by atoms with E-state index < -0.39 is 5.97 Å². The zero-order valence-corrected chi connectivity index (χ0v) is 13.4. The van der Waals surface area contributed by atoms with Crippen molar-refractivity contribution >= 4 is 23.5 Å². The van der Waals surface area contributed by atoms with E-state index in [1.54, 1.807) is 24.3 Å². The molecule has 0 bridgehead atoms. The van der Waals surface area contributed by atoms with E-state index >= 15 is 0 Å². The largest absolute Gasteiger partial charge is 0.465 e. The first-order chi connectivity index (χ1) is 10.3. The summed E-state index contributed by atoms with van der Waals surface area (Å²) in [5, 5.41) is 2.78. The van der Waals surface area contributed by atoms with Crippen LogP contribution in [0.2, 0.25) is 0 Å². The van der Waals surface area contributed by atoms with E-state index in [9.17, 15) is 14.4 Å². The van der Waals surface area contributed by atoms with Crippen LogP contribution in [0.1, 0.15) is 37.6 Å². The second-order valence-corrected chi connectivity index (χ2v) is 5.18. The Labute approximate surface area is 130 Å². The summed E-state index contributed by atoms with van der Waals surface area (Å²) in [6.45, 7) is 5.48. The van der Waals surface area contributed by atoms with Gasteiger partial charge in [0.05, 0.1) is 12.7 Å². The molecular formula is C16H22N2O4. The lowest BCUT2D eigenvalue weighted by Crippen LogP contribution is -2.36. The topological polar surface area (TPSA) is 75.7 Å². The van der Waals surface area contributed by atoms with E-state index in [1.807, 2.05) is 13.8 Å². The van der Waals surface area contributed by atoms with Crippen molar-refractivity contribution < 1.29 is 19.1 Å². The Balaban J connectivity index is 2.77. The van der Waals surface area contributed by atoms with E-state index in [4.69, 9.17) is 0 Å². The van der Waals surface area contributed by atoms with Crippen LogP contribution < -0.4 is 10.2 Å². The van der Waals surface area contributed by atoms with E-state index in [-0.39, 0.29) is 30.8 Å². The minimum Gasteiger partial charge on any atom is -0.465 e. The number of rotatable bonds is 6. The van der Waals surface area contributed by atoms with Crippen molar-refractivity contribution in [1.29, 1.82) is 0 Å². The standard InChI is InChI=1S/C16H22N2O4/c1-11(2)17-15(20)9-10-18(12(3)19)14-7-5-13(6-8-14)16(21)22-4/h5-8,11H,9-10H2,1-4H3,(H,17,20). The quantitative estimate of drug-likeness (QED) is 0.812. The number of ether oxygens (including phenoxy) is 1. The molecule has 120 valence electrons. The Morgan fingerprint density at radius 1 is 1.18 bits per heavy atom. The normalized spacial score (nSPS) is 10.2. The molecule has 0 saturated carbocycles. The van der Waals surface area contributed by atoms with Gasteiger partial charge >= 0.3 is 5.97 Å². The minimum atomic E-state index is -0.433. The highest BCUT2D eigenvalue weighted by Gasteiger charge is 2.14. The van der Waals surface area contributed by atoms with Crippen molar-refractivity contribution in [3.8, 4) is 0 Å². The van der Waals surface area contributed by atoms with Gasteiger partial charge in [-0.15, -0.1) is 0 Å². The number of hydrogen-bond donors (Lipinski definition) is 1. The third-order valence-electron chi connectivity index (χ3n) is 2.99. The lowest BCUT2D eigenvalue weighted by molar-refractivity contribution is -0.121. The van der Waals surface area contributed by atoms with E-state index in [0.29, 0.717) is 11.3 Å². The Morgan fingerprint density at radius 2 is 1.77 bits per heavy atom. The van der Waals surface area contributed by atoms with Crippen molar-refractivity contribution in [2.45, 2.75) is 33.2 Å². The third kappa shape index (κ3) is 5.20.